The molecule has 0 heterocycles. The van der Waals surface area contributed by atoms with Crippen molar-refractivity contribution in [2.45, 2.75) is 53.0 Å². The number of rotatable bonds is 10. The monoisotopic (exact) mass is 265 g/mol. The van der Waals surface area contributed by atoms with Crippen molar-refractivity contribution in [1.29, 1.82) is 0 Å². The fourth-order valence-corrected chi connectivity index (χ4v) is 1.38. The molecule has 18 heavy (non-hydrogen) atoms. The highest BCUT2D eigenvalue weighted by Crippen LogP contribution is 2.04. The van der Waals surface area contributed by atoms with E-state index < -0.39 is 0 Å². The molecule has 0 fully saturated rings. The van der Waals surface area contributed by atoms with Crippen molar-refractivity contribution in [3.8, 4) is 0 Å². The molecule has 0 saturated carbocycles. The van der Waals surface area contributed by atoms with Gasteiger partial charge in [-0.1, -0.05) is 26.7 Å². The van der Waals surface area contributed by atoms with E-state index in [-0.39, 0.29) is 10.3 Å². The molecule has 0 aromatic carbocycles. The summed E-state index contributed by atoms with van der Waals surface area (Å²) in [4.78, 5) is 16.5. The van der Waals surface area contributed by atoms with Crippen molar-refractivity contribution < 1.29 is 13.9 Å². The van der Waals surface area contributed by atoms with Gasteiger partial charge in [-0.15, -0.1) is 0 Å². The first-order chi connectivity index (χ1) is 8.52. The Kier molecular flexibility index (Phi) is 10.8. The van der Waals surface area contributed by atoms with E-state index in [4.69, 9.17) is 4.84 Å². The van der Waals surface area contributed by atoms with Gasteiger partial charge in [0.25, 0.3) is 0 Å². The minimum Gasteiger partial charge on any atom is -0.338 e. The number of unbranched alkanes of at least 4 members (excludes halogenated alkanes) is 1. The molecule has 5 nitrogen and oxygen atoms in total. The second-order valence-electron chi connectivity index (χ2n) is 5.19. The van der Waals surface area contributed by atoms with Gasteiger partial charge in [-0.3, -0.25) is 4.84 Å². The molecule has 0 rings (SSSR count). The summed E-state index contributed by atoms with van der Waals surface area (Å²) in [5, 5.41) is 5.57. The Morgan fingerprint density at radius 2 is 1.78 bits per heavy atom. The average molecular weight is 265 g/mol. The number of hydroxylamine groups is 1. The topological polar surface area (TPSA) is 62.4 Å². The van der Waals surface area contributed by atoms with Gasteiger partial charge in [0.1, 0.15) is 0 Å². The van der Waals surface area contributed by atoms with Crippen molar-refractivity contribution in [2.75, 3.05) is 19.7 Å². The van der Waals surface area contributed by atoms with E-state index in [1.165, 1.54) is 12.8 Å². The van der Waals surface area contributed by atoms with Crippen LogP contribution in [0, 0.1) is 5.92 Å². The first-order valence-electron chi connectivity index (χ1n) is 6.91. The molecule has 0 aromatic heterocycles. The second kappa shape index (κ2) is 11.3. The Labute approximate surface area is 115 Å². The molecule has 0 unspecified atom stereocenters. The summed E-state index contributed by atoms with van der Waals surface area (Å²) in [6.45, 7) is 10.1. The summed E-state index contributed by atoms with van der Waals surface area (Å²) in [6, 6.07) is 0.174. The number of hydrogen-bond donors (Lipinski definition) is 3. The molecule has 0 spiro atoms. The lowest BCUT2D eigenvalue weighted by atomic mass is 10.1. The van der Waals surface area contributed by atoms with Crippen molar-refractivity contribution in [2.24, 2.45) is 5.92 Å². The summed E-state index contributed by atoms with van der Waals surface area (Å²) < 4.78 is 0. The third kappa shape index (κ3) is 13.3. The zero-order chi connectivity index (χ0) is 13.8. The third-order valence-corrected chi connectivity index (χ3v) is 2.30. The van der Waals surface area contributed by atoms with E-state index in [0.29, 0.717) is 19.2 Å². The van der Waals surface area contributed by atoms with Crippen LogP contribution in [0.5, 0.6) is 0 Å². The van der Waals surface area contributed by atoms with Crippen LogP contribution in [0.3, 0.4) is 0 Å². The summed E-state index contributed by atoms with van der Waals surface area (Å²) in [6.07, 6.45) is 3.42. The van der Waals surface area contributed by atoms with Crippen LogP contribution in [0.4, 0.5) is 4.79 Å². The van der Waals surface area contributed by atoms with Crippen LogP contribution in [0.25, 0.3) is 0 Å². The predicted octanol–water partition coefficient (Wildman–Crippen LogP) is 2.78. The smallest absolute Gasteiger partial charge is 0.314 e. The van der Waals surface area contributed by atoms with Crippen molar-refractivity contribution in [1.82, 2.24) is 16.1 Å². The lowest BCUT2D eigenvalue weighted by Crippen LogP contribution is -2.38. The van der Waals surface area contributed by atoms with Gasteiger partial charge in [0.15, 0.2) is 0 Å². The molecular weight excluding hydrogens is 230 g/mol. The van der Waals surface area contributed by atoms with Crippen LogP contribution in [0.1, 0.15) is 51.2 Å². The zero-order valence-corrected chi connectivity index (χ0v) is 12.2. The Morgan fingerprint density at radius 3 is 2.39 bits per heavy atom. The number of nitrogens with one attached hydrogen (secondary N) is 3. The lowest BCUT2D eigenvalue weighted by molar-refractivity contribution is 0.0270. The quantitative estimate of drug-likeness (QED) is 0.420. The SMILES string of the molecule is CC(C)CCCCNC(=O)NCCONC(C)C.[HH].[HH].[HH]. The molecule has 0 radical (unpaired) electrons. The Morgan fingerprint density at radius 1 is 1.11 bits per heavy atom. The van der Waals surface area contributed by atoms with Gasteiger partial charge in [0.05, 0.1) is 6.61 Å². The molecular formula is C13H35N3O2. The molecule has 3 N–H and O–H groups in total. The van der Waals surface area contributed by atoms with E-state index >= 15 is 0 Å². The van der Waals surface area contributed by atoms with Crippen molar-refractivity contribution >= 4 is 6.03 Å². The maximum atomic E-state index is 11.3. The van der Waals surface area contributed by atoms with E-state index in [1.807, 2.05) is 13.8 Å². The van der Waals surface area contributed by atoms with Gasteiger partial charge >= 0.3 is 6.03 Å². The molecule has 0 aliphatic rings. The predicted molar refractivity (Wildman–Crippen MR) is 80.7 cm³/mol. The van der Waals surface area contributed by atoms with Crippen LogP contribution in [-0.4, -0.2) is 31.8 Å². The van der Waals surface area contributed by atoms with Crippen molar-refractivity contribution in [3.05, 3.63) is 0 Å². The van der Waals surface area contributed by atoms with Crippen molar-refractivity contribution in [3.63, 3.8) is 0 Å². The molecule has 0 atom stereocenters. The number of urea groups is 1. The standard InChI is InChI=1S/C13H29N3O2.3H2/c1-11(2)7-5-6-8-14-13(17)15-9-10-18-16-12(3)4;;;/h11-12,16H,5-10H2,1-4H3,(H2,14,15,17);3*1H. The highest BCUT2D eigenvalue weighted by molar-refractivity contribution is 5.73. The number of hydrogen-bond acceptors (Lipinski definition) is 3. The fraction of sp³-hybridized carbons (Fsp3) is 0.923. The molecule has 0 aromatic rings. The van der Waals surface area contributed by atoms with Crippen LogP contribution in [-0.2, 0) is 4.84 Å². The van der Waals surface area contributed by atoms with Crippen LogP contribution in [0.2, 0.25) is 0 Å². The molecule has 0 bridgehead atoms. The molecule has 2 amide bonds. The molecule has 114 valence electrons. The van der Waals surface area contributed by atoms with Crippen LogP contribution >= 0.6 is 0 Å². The minimum absolute atomic E-state index is 0. The number of carbonyl (C=O) groups excluding carboxylic acids is 1. The maximum absolute atomic E-state index is 11.3. The van der Waals surface area contributed by atoms with Crippen LogP contribution < -0.4 is 16.1 Å². The summed E-state index contributed by atoms with van der Waals surface area (Å²) in [7, 11) is 0. The van der Waals surface area contributed by atoms with E-state index in [0.717, 1.165) is 18.9 Å². The van der Waals surface area contributed by atoms with E-state index in [9.17, 15) is 4.79 Å². The normalized spacial score (nSPS) is 11.0. The van der Waals surface area contributed by atoms with E-state index in [1.54, 1.807) is 0 Å². The Bertz CT molecular complexity index is 201. The van der Waals surface area contributed by atoms with Gasteiger partial charge in [-0.25, -0.2) is 4.79 Å². The third-order valence-electron chi connectivity index (χ3n) is 2.30. The number of carbonyl (C=O) groups is 1. The minimum atomic E-state index is -0.118. The van der Waals surface area contributed by atoms with Crippen LogP contribution in [0.15, 0.2) is 0 Å². The lowest BCUT2D eigenvalue weighted by Gasteiger charge is -2.10. The summed E-state index contributed by atoms with van der Waals surface area (Å²) in [5.41, 5.74) is 2.82. The van der Waals surface area contributed by atoms with Gasteiger partial charge in [0, 0.05) is 23.4 Å². The van der Waals surface area contributed by atoms with E-state index in [2.05, 4.69) is 30.0 Å². The highest BCUT2D eigenvalue weighted by atomic mass is 16.6. The molecule has 0 aliphatic heterocycles. The summed E-state index contributed by atoms with van der Waals surface area (Å²) >= 11 is 0. The largest absolute Gasteiger partial charge is 0.338 e. The van der Waals surface area contributed by atoms with Gasteiger partial charge < -0.3 is 10.6 Å². The number of amides is 2. The Hall–Kier alpha value is -0.810. The molecule has 0 aliphatic carbocycles. The van der Waals surface area contributed by atoms with Gasteiger partial charge in [-0.05, 0) is 26.2 Å². The van der Waals surface area contributed by atoms with Gasteiger partial charge in [-0.2, -0.15) is 5.48 Å². The maximum Gasteiger partial charge on any atom is 0.314 e. The average Bonchev–Trinajstić information content (AvgIpc) is 2.27. The molecule has 0 saturated heterocycles. The second-order valence-corrected chi connectivity index (χ2v) is 5.19. The zero-order valence-electron chi connectivity index (χ0n) is 12.2. The fourth-order valence-electron chi connectivity index (χ4n) is 1.38. The van der Waals surface area contributed by atoms with Gasteiger partial charge in [0.2, 0.25) is 0 Å². The first-order valence-corrected chi connectivity index (χ1v) is 6.91. The summed E-state index contributed by atoms with van der Waals surface area (Å²) in [5.74, 6) is 0.740. The molecule has 5 heteroatoms. The highest BCUT2D eigenvalue weighted by Gasteiger charge is 1.99. The first kappa shape index (κ1) is 17.2. The Balaban J connectivity index is -0.000000482.